The van der Waals surface area contributed by atoms with Crippen LogP contribution in [0.3, 0.4) is 0 Å². The molecule has 0 aromatic heterocycles. The van der Waals surface area contributed by atoms with Gasteiger partial charge in [0.15, 0.2) is 13.1 Å². The summed E-state index contributed by atoms with van der Waals surface area (Å²) in [6.45, 7) is 6.40. The molecule has 2 aromatic rings. The number of rotatable bonds is 8. The van der Waals surface area contributed by atoms with Gasteiger partial charge in [-0.3, -0.25) is 9.59 Å². The molecule has 3 N–H and O–H groups in total. The molecular formula is C22H29ClN3O3+. The summed E-state index contributed by atoms with van der Waals surface area (Å²) in [7, 11) is 3.33. The molecule has 0 heterocycles. The Bertz CT molecular complexity index is 886. The highest BCUT2D eigenvalue weighted by molar-refractivity contribution is 6.31. The molecule has 0 radical (unpaired) electrons. The van der Waals surface area contributed by atoms with Crippen LogP contribution in [-0.2, 0) is 9.59 Å². The van der Waals surface area contributed by atoms with Crippen LogP contribution in [0.1, 0.15) is 29.7 Å². The average Bonchev–Trinajstić information content (AvgIpc) is 2.63. The van der Waals surface area contributed by atoms with Gasteiger partial charge in [-0.2, -0.15) is 0 Å². The van der Waals surface area contributed by atoms with Crippen LogP contribution in [0.25, 0.3) is 0 Å². The van der Waals surface area contributed by atoms with E-state index in [0.717, 1.165) is 10.5 Å². The van der Waals surface area contributed by atoms with Gasteiger partial charge in [-0.15, -0.1) is 0 Å². The number of hydrogen-bond donors (Lipinski definition) is 3. The van der Waals surface area contributed by atoms with Crippen molar-refractivity contribution in [3.63, 3.8) is 0 Å². The third-order valence-electron chi connectivity index (χ3n) is 4.77. The summed E-state index contributed by atoms with van der Waals surface area (Å²) < 4.78 is 5.23. The number of quaternary nitrogens is 1. The van der Waals surface area contributed by atoms with Gasteiger partial charge in [0.25, 0.3) is 11.8 Å². The van der Waals surface area contributed by atoms with E-state index in [1.165, 1.54) is 18.2 Å². The summed E-state index contributed by atoms with van der Waals surface area (Å²) in [6.07, 6.45) is 0. The normalized spacial score (nSPS) is 12.8. The Kier molecular flexibility index (Phi) is 8.05. The van der Waals surface area contributed by atoms with Gasteiger partial charge in [-0.05, 0) is 55.7 Å². The number of amides is 2. The Balaban J connectivity index is 1.87. The van der Waals surface area contributed by atoms with Crippen LogP contribution in [0.5, 0.6) is 5.75 Å². The second kappa shape index (κ2) is 10.3. The van der Waals surface area contributed by atoms with Crippen molar-refractivity contribution in [2.45, 2.75) is 26.8 Å². The fourth-order valence-electron chi connectivity index (χ4n) is 2.99. The maximum atomic E-state index is 12.4. The summed E-state index contributed by atoms with van der Waals surface area (Å²) in [5.74, 6) is 0.194. The van der Waals surface area contributed by atoms with Crippen LogP contribution in [0.4, 0.5) is 5.69 Å². The van der Waals surface area contributed by atoms with Gasteiger partial charge < -0.3 is 20.3 Å². The molecule has 0 aliphatic rings. The number of anilines is 1. The quantitative estimate of drug-likeness (QED) is 0.616. The third kappa shape index (κ3) is 6.76. The van der Waals surface area contributed by atoms with E-state index in [0.29, 0.717) is 16.5 Å². The van der Waals surface area contributed by atoms with Gasteiger partial charge in [0, 0.05) is 5.02 Å². The highest BCUT2D eigenvalue weighted by Crippen LogP contribution is 2.27. The molecule has 7 heteroatoms. The second-order valence-electron chi connectivity index (χ2n) is 7.34. The molecule has 6 nitrogen and oxygen atoms in total. The van der Waals surface area contributed by atoms with Gasteiger partial charge >= 0.3 is 0 Å². The largest absolute Gasteiger partial charge is 0.495 e. The Labute approximate surface area is 177 Å². The van der Waals surface area contributed by atoms with Crippen molar-refractivity contribution in [1.82, 2.24) is 5.32 Å². The van der Waals surface area contributed by atoms with Gasteiger partial charge in [0.05, 0.1) is 25.9 Å². The maximum absolute atomic E-state index is 12.4. The first kappa shape index (κ1) is 22.7. The second-order valence-corrected chi connectivity index (χ2v) is 7.77. The number of benzene rings is 2. The molecule has 2 atom stereocenters. The van der Waals surface area contributed by atoms with Crippen LogP contribution in [0.2, 0.25) is 5.02 Å². The molecule has 0 saturated heterocycles. The van der Waals surface area contributed by atoms with Crippen molar-refractivity contribution in [3.8, 4) is 5.75 Å². The Morgan fingerprint density at radius 3 is 2.41 bits per heavy atom. The van der Waals surface area contributed by atoms with Crippen LogP contribution >= 0.6 is 11.6 Å². The molecule has 1 unspecified atom stereocenters. The molecule has 2 amide bonds. The number of halogens is 1. The Morgan fingerprint density at radius 2 is 1.76 bits per heavy atom. The molecule has 156 valence electrons. The minimum atomic E-state index is -0.224. The monoisotopic (exact) mass is 418 g/mol. The van der Waals surface area contributed by atoms with Crippen molar-refractivity contribution in [1.29, 1.82) is 0 Å². The van der Waals surface area contributed by atoms with E-state index in [4.69, 9.17) is 16.3 Å². The predicted octanol–water partition coefficient (Wildman–Crippen LogP) is 2.30. The topological polar surface area (TPSA) is 71.9 Å². The predicted molar refractivity (Wildman–Crippen MR) is 116 cm³/mol. The molecular weight excluding hydrogens is 390 g/mol. The molecule has 0 aliphatic carbocycles. The summed E-state index contributed by atoms with van der Waals surface area (Å²) in [4.78, 5) is 25.5. The molecule has 0 aliphatic heterocycles. The van der Waals surface area contributed by atoms with Crippen LogP contribution in [0.15, 0.2) is 36.4 Å². The van der Waals surface area contributed by atoms with E-state index in [-0.39, 0.29) is 30.9 Å². The summed E-state index contributed by atoms with van der Waals surface area (Å²) in [6, 6.07) is 11.1. The first-order valence-electron chi connectivity index (χ1n) is 9.50. The third-order valence-corrected chi connectivity index (χ3v) is 5.00. The molecule has 2 rings (SSSR count). The lowest BCUT2D eigenvalue weighted by Crippen LogP contribution is -3.11. The lowest BCUT2D eigenvalue weighted by atomic mass is 10.0. The minimum absolute atomic E-state index is 0.0980. The SMILES string of the molecule is COc1ccc(Cl)cc1NC(=O)C[NH+](C)CC(=O)N[C@@H](C)c1ccc(C)c(C)c1. The zero-order chi connectivity index (χ0) is 21.6. The van der Waals surface area contributed by atoms with E-state index in [2.05, 4.69) is 36.6 Å². The van der Waals surface area contributed by atoms with E-state index in [1.54, 1.807) is 25.2 Å². The lowest BCUT2D eigenvalue weighted by Gasteiger charge is -2.18. The molecule has 0 fully saturated rings. The summed E-state index contributed by atoms with van der Waals surface area (Å²) in [5.41, 5.74) is 3.98. The van der Waals surface area contributed by atoms with Crippen molar-refractivity contribution >= 4 is 29.1 Å². The molecule has 2 aromatic carbocycles. The lowest BCUT2D eigenvalue weighted by molar-refractivity contribution is -0.862. The number of carbonyl (C=O) groups is 2. The van der Waals surface area contributed by atoms with Crippen LogP contribution < -0.4 is 20.3 Å². The first-order chi connectivity index (χ1) is 13.7. The molecule has 0 spiro atoms. The van der Waals surface area contributed by atoms with E-state index in [1.807, 2.05) is 13.0 Å². The number of aryl methyl sites for hydroxylation is 2. The highest BCUT2D eigenvalue weighted by Gasteiger charge is 2.18. The average molecular weight is 419 g/mol. The van der Waals surface area contributed by atoms with E-state index in [9.17, 15) is 9.59 Å². The standard InChI is InChI=1S/C22H28ClN3O3/c1-14-6-7-17(10-15(14)2)16(3)24-21(27)12-26(4)13-22(28)25-19-11-18(23)8-9-20(19)29-5/h6-11,16H,12-13H2,1-5H3,(H,24,27)(H,25,28)/p+1/t16-/m0/s1. The van der Waals surface area contributed by atoms with Crippen molar-refractivity contribution in [2.75, 3.05) is 32.6 Å². The summed E-state index contributed by atoms with van der Waals surface area (Å²) >= 11 is 5.98. The van der Waals surface area contributed by atoms with E-state index < -0.39 is 0 Å². The number of likely N-dealkylation sites (N-methyl/N-ethyl adjacent to an activating group) is 1. The van der Waals surface area contributed by atoms with E-state index >= 15 is 0 Å². The van der Waals surface area contributed by atoms with Gasteiger partial charge in [0.1, 0.15) is 5.75 Å². The fraction of sp³-hybridized carbons (Fsp3) is 0.364. The Hall–Kier alpha value is -2.57. The molecule has 0 saturated carbocycles. The fourth-order valence-corrected chi connectivity index (χ4v) is 3.16. The minimum Gasteiger partial charge on any atom is -0.495 e. The van der Waals surface area contributed by atoms with Crippen molar-refractivity contribution in [3.05, 3.63) is 58.1 Å². The van der Waals surface area contributed by atoms with Crippen LogP contribution in [0, 0.1) is 13.8 Å². The van der Waals surface area contributed by atoms with Gasteiger partial charge in [-0.25, -0.2) is 0 Å². The first-order valence-corrected chi connectivity index (χ1v) is 9.88. The van der Waals surface area contributed by atoms with Crippen LogP contribution in [-0.4, -0.2) is 39.1 Å². The number of methoxy groups -OCH3 is 1. The number of ether oxygens (including phenoxy) is 1. The van der Waals surface area contributed by atoms with Crippen molar-refractivity contribution < 1.29 is 19.2 Å². The van der Waals surface area contributed by atoms with Gasteiger partial charge in [0.2, 0.25) is 0 Å². The summed E-state index contributed by atoms with van der Waals surface area (Å²) in [5, 5.41) is 6.28. The smallest absolute Gasteiger partial charge is 0.279 e. The molecule has 0 bridgehead atoms. The van der Waals surface area contributed by atoms with Gasteiger partial charge in [-0.1, -0.05) is 29.8 Å². The maximum Gasteiger partial charge on any atom is 0.279 e. The van der Waals surface area contributed by atoms with Crippen molar-refractivity contribution in [2.24, 2.45) is 0 Å². The zero-order valence-electron chi connectivity index (χ0n) is 17.6. The molecule has 29 heavy (non-hydrogen) atoms. The number of hydrogen-bond acceptors (Lipinski definition) is 3. The number of nitrogens with one attached hydrogen (secondary N) is 3. The Morgan fingerprint density at radius 1 is 1.07 bits per heavy atom. The zero-order valence-corrected chi connectivity index (χ0v) is 18.3. The highest BCUT2D eigenvalue weighted by atomic mass is 35.5. The number of carbonyl (C=O) groups excluding carboxylic acids is 2.